The summed E-state index contributed by atoms with van der Waals surface area (Å²) >= 11 is 1.48. The molecule has 1 saturated heterocycles. The highest BCUT2D eigenvalue weighted by Crippen LogP contribution is 2.50. The van der Waals surface area contributed by atoms with Crippen molar-refractivity contribution in [2.75, 3.05) is 31.6 Å². The first-order valence-corrected chi connectivity index (χ1v) is 14.7. The molecule has 2 fully saturated rings. The van der Waals surface area contributed by atoms with E-state index in [0.717, 1.165) is 49.8 Å². The molecule has 10 heteroatoms. The zero-order valence-corrected chi connectivity index (χ0v) is 24.3. The molecule has 0 bridgehead atoms. The van der Waals surface area contributed by atoms with Crippen molar-refractivity contribution in [3.8, 4) is 0 Å². The van der Waals surface area contributed by atoms with Gasteiger partial charge in [-0.1, -0.05) is 25.6 Å². The first kappa shape index (κ1) is 29.0. The summed E-state index contributed by atoms with van der Waals surface area (Å²) in [5.74, 6) is 2.88. The van der Waals surface area contributed by atoms with Gasteiger partial charge in [-0.2, -0.15) is 4.98 Å². The summed E-state index contributed by atoms with van der Waals surface area (Å²) < 4.78 is 26.1. The molecule has 0 N–H and O–H groups in total. The van der Waals surface area contributed by atoms with Crippen LogP contribution in [0.5, 0.6) is 0 Å². The number of carbonyl (C=O) groups excluding carboxylic acids is 1. The van der Waals surface area contributed by atoms with Crippen molar-refractivity contribution in [2.24, 2.45) is 17.8 Å². The van der Waals surface area contributed by atoms with Gasteiger partial charge in [-0.05, 0) is 62.0 Å². The molecule has 2 aromatic rings. The zero-order valence-electron chi connectivity index (χ0n) is 23.4. The number of rotatable bonds is 13. The van der Waals surface area contributed by atoms with E-state index in [4.69, 9.17) is 9.26 Å². The number of thiazole rings is 1. The quantitative estimate of drug-likeness (QED) is 0.212. The first-order valence-electron chi connectivity index (χ1n) is 13.8. The summed E-state index contributed by atoms with van der Waals surface area (Å²) in [5, 5.41) is 5.98. The second kappa shape index (κ2) is 13.4. The molecule has 0 unspecified atom stereocenters. The lowest BCUT2D eigenvalue weighted by Crippen LogP contribution is -2.34. The van der Waals surface area contributed by atoms with Gasteiger partial charge < -0.3 is 19.1 Å². The third kappa shape index (κ3) is 8.00. The number of ether oxygens (including phenoxy) is 1. The lowest BCUT2D eigenvalue weighted by Gasteiger charge is -2.30. The van der Waals surface area contributed by atoms with Crippen LogP contribution in [0.3, 0.4) is 0 Å². The van der Waals surface area contributed by atoms with Gasteiger partial charge in [-0.3, -0.25) is 4.79 Å². The molecule has 0 radical (unpaired) electrons. The van der Waals surface area contributed by atoms with Crippen molar-refractivity contribution < 1.29 is 18.4 Å². The molecule has 1 aliphatic carbocycles. The SMILES string of the molecule is C=C/C(=C\C(F)=C(/C)CC(=O)N(C)Cc1cscn1)OCC[C@@H]1C[C@@H]1C1CCN(c2nc(C(C)C)no2)CC1. The number of anilines is 1. The van der Waals surface area contributed by atoms with Crippen LogP contribution in [0.15, 0.2) is 51.3 Å². The first-order chi connectivity index (χ1) is 18.7. The number of halogens is 1. The highest BCUT2D eigenvalue weighted by atomic mass is 32.1. The van der Waals surface area contributed by atoms with Crippen molar-refractivity contribution in [1.29, 1.82) is 0 Å². The van der Waals surface area contributed by atoms with E-state index in [1.807, 2.05) is 5.38 Å². The van der Waals surface area contributed by atoms with Crippen LogP contribution in [0.25, 0.3) is 0 Å². The van der Waals surface area contributed by atoms with Crippen molar-refractivity contribution in [1.82, 2.24) is 20.0 Å². The predicted molar refractivity (Wildman–Crippen MR) is 151 cm³/mol. The van der Waals surface area contributed by atoms with E-state index in [9.17, 15) is 9.18 Å². The van der Waals surface area contributed by atoms with Crippen LogP contribution in [0.4, 0.5) is 10.4 Å². The van der Waals surface area contributed by atoms with Gasteiger partial charge in [0.2, 0.25) is 5.91 Å². The van der Waals surface area contributed by atoms with Crippen LogP contribution < -0.4 is 4.90 Å². The zero-order chi connectivity index (χ0) is 27.9. The molecule has 1 saturated carbocycles. The van der Waals surface area contributed by atoms with Crippen LogP contribution in [-0.2, 0) is 16.1 Å². The predicted octanol–water partition coefficient (Wildman–Crippen LogP) is 6.27. The van der Waals surface area contributed by atoms with Crippen molar-refractivity contribution >= 4 is 23.3 Å². The maximum Gasteiger partial charge on any atom is 0.324 e. The van der Waals surface area contributed by atoms with Gasteiger partial charge in [-0.25, -0.2) is 9.37 Å². The number of amides is 1. The molecule has 8 nitrogen and oxygen atoms in total. The van der Waals surface area contributed by atoms with Crippen molar-refractivity contribution in [3.63, 3.8) is 0 Å². The highest BCUT2D eigenvalue weighted by Gasteiger charge is 2.43. The number of aromatic nitrogens is 3. The van der Waals surface area contributed by atoms with Gasteiger partial charge in [0, 0.05) is 37.5 Å². The fraction of sp³-hybridized carbons (Fsp3) is 0.586. The van der Waals surface area contributed by atoms with Crippen molar-refractivity contribution in [3.05, 3.63) is 58.3 Å². The fourth-order valence-corrected chi connectivity index (χ4v) is 5.67. The average Bonchev–Trinajstić information content (AvgIpc) is 3.28. The Morgan fingerprint density at radius 2 is 2.15 bits per heavy atom. The van der Waals surface area contributed by atoms with Crippen LogP contribution >= 0.6 is 11.3 Å². The molecule has 3 heterocycles. The van der Waals surface area contributed by atoms with Gasteiger partial charge in [0.05, 0.1) is 30.8 Å². The Balaban J connectivity index is 1.17. The number of hydrogen-bond acceptors (Lipinski definition) is 8. The monoisotopic (exact) mass is 557 g/mol. The third-order valence-corrected chi connectivity index (χ3v) is 8.34. The molecule has 39 heavy (non-hydrogen) atoms. The maximum absolute atomic E-state index is 14.8. The lowest BCUT2D eigenvalue weighted by atomic mass is 9.90. The molecular weight excluding hydrogens is 517 g/mol. The number of allylic oxidation sites excluding steroid dienone is 3. The molecule has 0 aromatic carbocycles. The second-order valence-electron chi connectivity index (χ2n) is 11.0. The van der Waals surface area contributed by atoms with Gasteiger partial charge in [-0.15, -0.1) is 11.3 Å². The Labute approximate surface area is 234 Å². The van der Waals surface area contributed by atoms with E-state index in [1.165, 1.54) is 29.9 Å². The Hall–Kier alpha value is -3.01. The summed E-state index contributed by atoms with van der Waals surface area (Å²) in [4.78, 5) is 25.0. The minimum absolute atomic E-state index is 0.00134. The van der Waals surface area contributed by atoms with Crippen molar-refractivity contribution in [2.45, 2.75) is 65.3 Å². The largest absolute Gasteiger partial charge is 0.494 e. The van der Waals surface area contributed by atoms with E-state index in [-0.39, 0.29) is 18.2 Å². The molecule has 4 rings (SSSR count). The van der Waals surface area contributed by atoms with E-state index in [0.29, 0.717) is 42.3 Å². The topological polar surface area (TPSA) is 84.6 Å². The normalized spacial score (nSPS) is 20.7. The fourth-order valence-electron chi connectivity index (χ4n) is 5.12. The highest BCUT2D eigenvalue weighted by molar-refractivity contribution is 7.07. The molecule has 0 spiro atoms. The molecule has 1 amide bonds. The smallest absolute Gasteiger partial charge is 0.324 e. The Morgan fingerprint density at radius 3 is 2.79 bits per heavy atom. The minimum Gasteiger partial charge on any atom is -0.494 e. The Kier molecular flexibility index (Phi) is 9.94. The lowest BCUT2D eigenvalue weighted by molar-refractivity contribution is -0.129. The van der Waals surface area contributed by atoms with E-state index in [2.05, 4.69) is 40.5 Å². The van der Waals surface area contributed by atoms with E-state index >= 15 is 0 Å². The van der Waals surface area contributed by atoms with Gasteiger partial charge in [0.1, 0.15) is 11.6 Å². The molecule has 1 aliphatic heterocycles. The standard InChI is InChI=1S/C29H40FN5O3S/c1-6-24(15-26(30)20(4)13-27(36)34(5)16-23-17-39-18-31-23)37-12-9-22-14-25(22)21-7-10-35(11-8-21)29-32-28(19(2)3)33-38-29/h6,15,17-19,21-22,25H,1,7-14,16H2,2-5H3/b24-15+,26-20-/t22-,25-/m1/s1. The third-order valence-electron chi connectivity index (χ3n) is 7.70. The minimum atomic E-state index is -0.460. The Morgan fingerprint density at radius 1 is 1.38 bits per heavy atom. The molecule has 2 aliphatic rings. The van der Waals surface area contributed by atoms with Crippen LogP contribution in [0.2, 0.25) is 0 Å². The average molecular weight is 558 g/mol. The molecule has 2 atom stereocenters. The van der Waals surface area contributed by atoms with Gasteiger partial charge >= 0.3 is 6.01 Å². The second-order valence-corrected chi connectivity index (χ2v) is 11.7. The van der Waals surface area contributed by atoms with E-state index < -0.39 is 5.83 Å². The number of hydrogen-bond donors (Lipinski definition) is 0. The summed E-state index contributed by atoms with van der Waals surface area (Å²) in [7, 11) is 1.70. The summed E-state index contributed by atoms with van der Waals surface area (Å²) in [5.41, 5.74) is 2.92. The molecule has 212 valence electrons. The maximum atomic E-state index is 14.8. The molecule has 2 aromatic heterocycles. The van der Waals surface area contributed by atoms with E-state index in [1.54, 1.807) is 24.4 Å². The van der Waals surface area contributed by atoms with Gasteiger partial charge in [0.25, 0.3) is 0 Å². The van der Waals surface area contributed by atoms with Crippen LogP contribution in [0.1, 0.15) is 70.3 Å². The van der Waals surface area contributed by atoms with Crippen LogP contribution in [0, 0.1) is 17.8 Å². The summed E-state index contributed by atoms with van der Waals surface area (Å²) in [6.45, 7) is 12.3. The number of piperidine rings is 1. The van der Waals surface area contributed by atoms with Crippen LogP contribution in [-0.4, -0.2) is 52.7 Å². The number of nitrogens with zero attached hydrogens (tertiary/aromatic N) is 5. The molecular formula is C29H40FN5O3S. The Bertz CT molecular complexity index is 1170. The summed E-state index contributed by atoms with van der Waals surface area (Å²) in [6, 6.07) is 0.644. The van der Waals surface area contributed by atoms with Gasteiger partial charge in [0.15, 0.2) is 5.82 Å². The number of carbonyl (C=O) groups is 1. The summed E-state index contributed by atoms with van der Waals surface area (Å²) in [6.07, 6.45) is 7.29.